The molecule has 1 aliphatic carbocycles. The van der Waals surface area contributed by atoms with Crippen molar-refractivity contribution in [1.82, 2.24) is 10.2 Å². The highest BCUT2D eigenvalue weighted by Gasteiger charge is 2.37. The third-order valence-corrected chi connectivity index (χ3v) is 5.20. The molecule has 0 amide bonds. The molecule has 2 aliphatic rings. The van der Waals surface area contributed by atoms with Gasteiger partial charge in [-0.25, -0.2) is 0 Å². The largest absolute Gasteiger partial charge is 0.319 e. The van der Waals surface area contributed by atoms with Crippen LogP contribution < -0.4 is 5.32 Å². The molecular weight excluding hydrogens is 244 g/mol. The van der Waals surface area contributed by atoms with Gasteiger partial charge in [0.25, 0.3) is 0 Å². The molecule has 1 saturated carbocycles. The van der Waals surface area contributed by atoms with Gasteiger partial charge in [0.2, 0.25) is 0 Å². The Morgan fingerprint density at radius 2 is 1.95 bits per heavy atom. The number of hydrogen-bond acceptors (Lipinski definition) is 2. The third kappa shape index (κ3) is 2.91. The summed E-state index contributed by atoms with van der Waals surface area (Å²) in [5.74, 6) is 0.891. The topological polar surface area (TPSA) is 15.3 Å². The second-order valence-electron chi connectivity index (χ2n) is 7.15. The number of fused-ring (bicyclic) bond motifs is 1. The molecule has 3 rings (SSSR count). The van der Waals surface area contributed by atoms with Gasteiger partial charge in [-0.2, -0.15) is 0 Å². The Hall–Kier alpha value is -0.860. The normalized spacial score (nSPS) is 30.4. The Labute approximate surface area is 123 Å². The van der Waals surface area contributed by atoms with Gasteiger partial charge < -0.3 is 5.32 Å². The molecule has 0 saturated heterocycles. The van der Waals surface area contributed by atoms with Crippen LogP contribution in [-0.2, 0) is 13.1 Å². The van der Waals surface area contributed by atoms with Crippen molar-refractivity contribution in [3.8, 4) is 0 Å². The molecule has 2 nitrogen and oxygen atoms in total. The summed E-state index contributed by atoms with van der Waals surface area (Å²) in [6.07, 6.45) is 5.61. The molecule has 0 spiro atoms. The highest BCUT2D eigenvalue weighted by Crippen LogP contribution is 2.40. The molecule has 1 fully saturated rings. The second kappa shape index (κ2) is 5.87. The molecule has 2 unspecified atom stereocenters. The predicted octanol–water partition coefficient (Wildman–Crippen LogP) is 3.42. The van der Waals surface area contributed by atoms with Gasteiger partial charge in [-0.05, 0) is 42.3 Å². The molecule has 1 heterocycles. The molecule has 1 aromatic rings. The molecule has 1 aromatic carbocycles. The lowest BCUT2D eigenvalue weighted by atomic mass is 9.69. The van der Waals surface area contributed by atoms with Gasteiger partial charge >= 0.3 is 0 Å². The Morgan fingerprint density at radius 1 is 1.25 bits per heavy atom. The summed E-state index contributed by atoms with van der Waals surface area (Å²) in [4.78, 5) is 2.67. The van der Waals surface area contributed by atoms with Gasteiger partial charge in [0.1, 0.15) is 0 Å². The molecule has 2 atom stereocenters. The first-order valence-electron chi connectivity index (χ1n) is 8.14. The summed E-state index contributed by atoms with van der Waals surface area (Å²) in [6, 6.07) is 8.94. The van der Waals surface area contributed by atoms with Crippen LogP contribution in [0.2, 0.25) is 0 Å². The molecular formula is C18H28N2. The fraction of sp³-hybridized carbons (Fsp3) is 0.667. The van der Waals surface area contributed by atoms with E-state index in [4.69, 9.17) is 0 Å². The fourth-order valence-electron chi connectivity index (χ4n) is 4.49. The first kappa shape index (κ1) is 14.1. The molecule has 2 heteroatoms. The quantitative estimate of drug-likeness (QED) is 0.903. The van der Waals surface area contributed by atoms with Crippen LogP contribution in [0.5, 0.6) is 0 Å². The van der Waals surface area contributed by atoms with E-state index in [1.165, 1.54) is 49.9 Å². The van der Waals surface area contributed by atoms with Crippen molar-refractivity contribution in [3.05, 3.63) is 35.4 Å². The number of rotatable bonds is 4. The Bertz CT molecular complexity index is 427. The van der Waals surface area contributed by atoms with Crippen molar-refractivity contribution in [1.29, 1.82) is 0 Å². The van der Waals surface area contributed by atoms with Gasteiger partial charge in [-0.15, -0.1) is 0 Å². The fourth-order valence-corrected chi connectivity index (χ4v) is 4.49. The number of hydrogen-bond donors (Lipinski definition) is 1. The van der Waals surface area contributed by atoms with Crippen molar-refractivity contribution < 1.29 is 0 Å². The van der Waals surface area contributed by atoms with E-state index in [2.05, 4.69) is 48.5 Å². The van der Waals surface area contributed by atoms with Crippen LogP contribution in [-0.4, -0.2) is 25.0 Å². The Morgan fingerprint density at radius 3 is 2.55 bits per heavy atom. The van der Waals surface area contributed by atoms with Crippen LogP contribution in [0.3, 0.4) is 0 Å². The zero-order valence-corrected chi connectivity index (χ0v) is 13.0. The second-order valence-corrected chi connectivity index (χ2v) is 7.15. The highest BCUT2D eigenvalue weighted by molar-refractivity contribution is 5.30. The van der Waals surface area contributed by atoms with Gasteiger partial charge in [0.05, 0.1) is 0 Å². The highest BCUT2D eigenvalue weighted by atomic mass is 15.1. The maximum Gasteiger partial charge on any atom is 0.0240 e. The average Bonchev–Trinajstić information content (AvgIpc) is 2.80. The van der Waals surface area contributed by atoms with Crippen LogP contribution in [0.15, 0.2) is 24.3 Å². The minimum Gasteiger partial charge on any atom is -0.319 e. The number of benzene rings is 1. The lowest BCUT2D eigenvalue weighted by molar-refractivity contribution is 0.0805. The summed E-state index contributed by atoms with van der Waals surface area (Å²) < 4.78 is 0. The lowest BCUT2D eigenvalue weighted by Gasteiger charge is -2.42. The van der Waals surface area contributed by atoms with E-state index in [-0.39, 0.29) is 0 Å². The molecule has 0 bridgehead atoms. The standard InChI is InChI=1S/C18H28N2/c1-15-6-5-9-18(10-15,13-19-2)14-20-11-16-7-3-4-8-17(16)12-20/h3-4,7-8,15,19H,5-6,9-14H2,1-2H3. The first-order valence-corrected chi connectivity index (χ1v) is 8.14. The zero-order valence-electron chi connectivity index (χ0n) is 13.0. The molecule has 110 valence electrons. The summed E-state index contributed by atoms with van der Waals surface area (Å²) in [7, 11) is 2.11. The lowest BCUT2D eigenvalue weighted by Crippen LogP contribution is -2.44. The van der Waals surface area contributed by atoms with Crippen molar-refractivity contribution in [2.24, 2.45) is 11.3 Å². The zero-order chi connectivity index (χ0) is 14.0. The molecule has 0 radical (unpaired) electrons. The smallest absolute Gasteiger partial charge is 0.0240 e. The van der Waals surface area contributed by atoms with E-state index in [1.54, 1.807) is 0 Å². The van der Waals surface area contributed by atoms with Gasteiger partial charge in [-0.3, -0.25) is 4.90 Å². The summed E-state index contributed by atoms with van der Waals surface area (Å²) in [5, 5.41) is 3.47. The predicted molar refractivity (Wildman–Crippen MR) is 84.5 cm³/mol. The van der Waals surface area contributed by atoms with Gasteiger partial charge in [0, 0.05) is 26.2 Å². The molecule has 1 N–H and O–H groups in total. The van der Waals surface area contributed by atoms with E-state index >= 15 is 0 Å². The van der Waals surface area contributed by atoms with Crippen LogP contribution in [0, 0.1) is 11.3 Å². The van der Waals surface area contributed by atoms with Crippen LogP contribution >= 0.6 is 0 Å². The van der Waals surface area contributed by atoms with Crippen molar-refractivity contribution in [3.63, 3.8) is 0 Å². The van der Waals surface area contributed by atoms with E-state index < -0.39 is 0 Å². The summed E-state index contributed by atoms with van der Waals surface area (Å²) >= 11 is 0. The van der Waals surface area contributed by atoms with Gasteiger partial charge in [-0.1, -0.05) is 44.0 Å². The van der Waals surface area contributed by atoms with Crippen LogP contribution in [0.1, 0.15) is 43.7 Å². The third-order valence-electron chi connectivity index (χ3n) is 5.20. The SMILES string of the molecule is CNCC1(CN2Cc3ccccc3C2)CCCC(C)C1. The van der Waals surface area contributed by atoms with Crippen LogP contribution in [0.4, 0.5) is 0 Å². The molecule has 0 aromatic heterocycles. The Balaban J connectivity index is 1.69. The molecule has 1 aliphatic heterocycles. The van der Waals surface area contributed by atoms with Gasteiger partial charge in [0.15, 0.2) is 0 Å². The maximum absolute atomic E-state index is 3.47. The summed E-state index contributed by atoms with van der Waals surface area (Å²) in [6.45, 7) is 7.16. The van der Waals surface area contributed by atoms with Crippen LogP contribution in [0.25, 0.3) is 0 Å². The van der Waals surface area contributed by atoms with Crippen molar-refractivity contribution in [2.75, 3.05) is 20.1 Å². The van der Waals surface area contributed by atoms with Crippen molar-refractivity contribution >= 4 is 0 Å². The minimum atomic E-state index is 0.495. The van der Waals surface area contributed by atoms with E-state index in [0.29, 0.717) is 5.41 Å². The number of nitrogens with one attached hydrogen (secondary N) is 1. The van der Waals surface area contributed by atoms with E-state index in [1.807, 2.05) is 0 Å². The maximum atomic E-state index is 3.47. The minimum absolute atomic E-state index is 0.495. The average molecular weight is 272 g/mol. The summed E-state index contributed by atoms with van der Waals surface area (Å²) in [5.41, 5.74) is 3.57. The van der Waals surface area contributed by atoms with Crippen molar-refractivity contribution in [2.45, 2.75) is 45.7 Å². The monoisotopic (exact) mass is 272 g/mol. The molecule has 20 heavy (non-hydrogen) atoms. The number of nitrogens with zero attached hydrogens (tertiary/aromatic N) is 1. The van der Waals surface area contributed by atoms with E-state index in [9.17, 15) is 0 Å². The van der Waals surface area contributed by atoms with E-state index in [0.717, 1.165) is 19.0 Å². The first-order chi connectivity index (χ1) is 9.71. The Kier molecular flexibility index (Phi) is 4.13.